The predicted octanol–water partition coefficient (Wildman–Crippen LogP) is 4.39. The third kappa shape index (κ3) is 13.8. The fourth-order valence-corrected chi connectivity index (χ4v) is 2.29. The van der Waals surface area contributed by atoms with Crippen molar-refractivity contribution in [3.05, 3.63) is 0 Å². The Morgan fingerprint density at radius 1 is 0.889 bits per heavy atom. The molecule has 0 aliphatic heterocycles. The van der Waals surface area contributed by atoms with E-state index in [1.165, 1.54) is 57.8 Å². The minimum absolute atomic E-state index is 0.424. The monoisotopic (exact) mass is 272 g/mol. The lowest BCUT2D eigenvalue weighted by atomic mass is 10.1. The van der Waals surface area contributed by atoms with Gasteiger partial charge in [-0.1, -0.05) is 58.3 Å². The smallest absolute Gasteiger partial charge is 0.166 e. The number of thiocarbonyl (C=S) groups is 1. The molecule has 0 rings (SSSR count). The number of nitrogens with one attached hydrogen (secondary N) is 2. The highest BCUT2D eigenvalue weighted by Gasteiger charge is 1.97. The summed E-state index contributed by atoms with van der Waals surface area (Å²) in [5.74, 6) is 0. The van der Waals surface area contributed by atoms with Gasteiger partial charge in [0.1, 0.15) is 0 Å². The van der Waals surface area contributed by atoms with Gasteiger partial charge in [0.05, 0.1) is 0 Å². The Morgan fingerprint density at radius 2 is 1.39 bits per heavy atom. The van der Waals surface area contributed by atoms with Crippen LogP contribution in [-0.4, -0.2) is 17.7 Å². The lowest BCUT2D eigenvalue weighted by molar-refractivity contribution is 0.562. The number of hydrogen-bond acceptors (Lipinski definition) is 1. The topological polar surface area (TPSA) is 24.1 Å². The molecule has 0 bridgehead atoms. The Morgan fingerprint density at radius 3 is 1.89 bits per heavy atom. The zero-order valence-corrected chi connectivity index (χ0v) is 13.4. The van der Waals surface area contributed by atoms with Crippen LogP contribution in [-0.2, 0) is 0 Å². The molecule has 2 N–H and O–H groups in total. The van der Waals surface area contributed by atoms with Crippen LogP contribution in [0.1, 0.15) is 78.6 Å². The van der Waals surface area contributed by atoms with E-state index in [1.807, 2.05) is 0 Å². The average Bonchev–Trinajstić information content (AvgIpc) is 2.30. The highest BCUT2D eigenvalue weighted by Crippen LogP contribution is 2.09. The third-order valence-electron chi connectivity index (χ3n) is 2.99. The van der Waals surface area contributed by atoms with Crippen LogP contribution in [0.5, 0.6) is 0 Å². The van der Waals surface area contributed by atoms with Crippen molar-refractivity contribution in [2.45, 2.75) is 84.6 Å². The fourth-order valence-electron chi connectivity index (χ4n) is 1.95. The molecule has 0 aromatic rings. The van der Waals surface area contributed by atoms with E-state index in [9.17, 15) is 0 Å². The summed E-state index contributed by atoms with van der Waals surface area (Å²) in [6, 6.07) is 0.424. The Hall–Kier alpha value is -0.310. The number of hydrogen-bond donors (Lipinski definition) is 2. The summed E-state index contributed by atoms with van der Waals surface area (Å²) >= 11 is 5.17. The van der Waals surface area contributed by atoms with Crippen LogP contribution in [0.15, 0.2) is 0 Å². The van der Waals surface area contributed by atoms with Gasteiger partial charge in [0.25, 0.3) is 0 Å². The summed E-state index contributed by atoms with van der Waals surface area (Å²) in [4.78, 5) is 0. The zero-order valence-electron chi connectivity index (χ0n) is 12.6. The molecule has 0 atom stereocenters. The van der Waals surface area contributed by atoms with E-state index in [0.29, 0.717) is 6.04 Å². The van der Waals surface area contributed by atoms with Crippen LogP contribution in [0, 0.1) is 0 Å². The molecular formula is C15H32N2S. The molecule has 0 unspecified atom stereocenters. The SMILES string of the molecule is CCCCCCCCCCCNC(=S)NC(C)C. The largest absolute Gasteiger partial charge is 0.363 e. The normalized spacial score (nSPS) is 10.7. The van der Waals surface area contributed by atoms with Crippen LogP contribution in [0.4, 0.5) is 0 Å². The molecule has 0 aromatic heterocycles. The zero-order chi connectivity index (χ0) is 13.6. The van der Waals surface area contributed by atoms with Crippen molar-refractivity contribution in [3.63, 3.8) is 0 Å². The van der Waals surface area contributed by atoms with Crippen LogP contribution >= 0.6 is 12.2 Å². The van der Waals surface area contributed by atoms with Gasteiger partial charge in [0.2, 0.25) is 0 Å². The van der Waals surface area contributed by atoms with E-state index in [4.69, 9.17) is 12.2 Å². The van der Waals surface area contributed by atoms with Gasteiger partial charge in [-0.2, -0.15) is 0 Å². The Balaban J connectivity index is 3.09. The lowest BCUT2D eigenvalue weighted by Crippen LogP contribution is -2.39. The molecule has 0 aliphatic rings. The molecule has 0 amide bonds. The van der Waals surface area contributed by atoms with E-state index in [1.54, 1.807) is 0 Å². The predicted molar refractivity (Wildman–Crippen MR) is 86.1 cm³/mol. The standard InChI is InChI=1S/C15H32N2S/c1-4-5-6-7-8-9-10-11-12-13-16-15(18)17-14(2)3/h14H,4-13H2,1-3H3,(H2,16,17,18). The maximum atomic E-state index is 5.17. The first kappa shape index (κ1) is 17.7. The first-order valence-electron chi connectivity index (χ1n) is 7.71. The van der Waals surface area contributed by atoms with E-state index in [2.05, 4.69) is 31.4 Å². The molecular weight excluding hydrogens is 240 g/mol. The van der Waals surface area contributed by atoms with Gasteiger partial charge in [-0.05, 0) is 32.5 Å². The maximum Gasteiger partial charge on any atom is 0.166 e. The molecule has 0 radical (unpaired) electrons. The highest BCUT2D eigenvalue weighted by molar-refractivity contribution is 7.80. The Labute approximate surface area is 119 Å². The summed E-state index contributed by atoms with van der Waals surface area (Å²) in [6.07, 6.45) is 12.3. The second kappa shape index (κ2) is 13.1. The second-order valence-electron chi connectivity index (χ2n) is 5.38. The summed E-state index contributed by atoms with van der Waals surface area (Å²) in [6.45, 7) is 7.49. The molecule has 0 heterocycles. The third-order valence-corrected chi connectivity index (χ3v) is 3.25. The molecule has 0 aromatic carbocycles. The molecule has 0 fully saturated rings. The minimum Gasteiger partial charge on any atom is -0.363 e. The van der Waals surface area contributed by atoms with E-state index in [0.717, 1.165) is 11.7 Å². The molecule has 2 nitrogen and oxygen atoms in total. The molecule has 3 heteroatoms. The number of unbranched alkanes of at least 4 members (excludes halogenated alkanes) is 8. The first-order valence-corrected chi connectivity index (χ1v) is 8.12. The molecule has 0 spiro atoms. The van der Waals surface area contributed by atoms with E-state index >= 15 is 0 Å². The highest BCUT2D eigenvalue weighted by atomic mass is 32.1. The van der Waals surface area contributed by atoms with Crippen LogP contribution in [0.3, 0.4) is 0 Å². The van der Waals surface area contributed by atoms with Gasteiger partial charge in [0.15, 0.2) is 5.11 Å². The van der Waals surface area contributed by atoms with Crippen LogP contribution in [0.2, 0.25) is 0 Å². The van der Waals surface area contributed by atoms with Gasteiger partial charge < -0.3 is 10.6 Å². The maximum absolute atomic E-state index is 5.17. The fraction of sp³-hybridized carbons (Fsp3) is 0.933. The van der Waals surface area contributed by atoms with Crippen molar-refractivity contribution < 1.29 is 0 Å². The summed E-state index contributed by atoms with van der Waals surface area (Å²) in [5.41, 5.74) is 0. The van der Waals surface area contributed by atoms with E-state index < -0.39 is 0 Å². The molecule has 0 saturated carbocycles. The van der Waals surface area contributed by atoms with Crippen molar-refractivity contribution in [1.82, 2.24) is 10.6 Å². The van der Waals surface area contributed by atoms with Gasteiger partial charge >= 0.3 is 0 Å². The van der Waals surface area contributed by atoms with Crippen molar-refractivity contribution in [2.24, 2.45) is 0 Å². The van der Waals surface area contributed by atoms with Crippen LogP contribution in [0.25, 0.3) is 0 Å². The van der Waals surface area contributed by atoms with Gasteiger partial charge in [-0.3, -0.25) is 0 Å². The van der Waals surface area contributed by atoms with Crippen molar-refractivity contribution in [3.8, 4) is 0 Å². The average molecular weight is 273 g/mol. The summed E-state index contributed by atoms with van der Waals surface area (Å²) in [7, 11) is 0. The van der Waals surface area contributed by atoms with Crippen molar-refractivity contribution in [2.75, 3.05) is 6.54 Å². The lowest BCUT2D eigenvalue weighted by Gasteiger charge is -2.12. The van der Waals surface area contributed by atoms with E-state index in [-0.39, 0.29) is 0 Å². The minimum atomic E-state index is 0.424. The quantitative estimate of drug-likeness (QED) is 0.431. The second-order valence-corrected chi connectivity index (χ2v) is 5.79. The molecule has 0 aliphatic carbocycles. The van der Waals surface area contributed by atoms with Gasteiger partial charge in [-0.25, -0.2) is 0 Å². The van der Waals surface area contributed by atoms with Crippen molar-refractivity contribution in [1.29, 1.82) is 0 Å². The summed E-state index contributed by atoms with van der Waals surface area (Å²) in [5, 5.41) is 7.24. The van der Waals surface area contributed by atoms with Crippen molar-refractivity contribution >= 4 is 17.3 Å². The number of rotatable bonds is 11. The van der Waals surface area contributed by atoms with Gasteiger partial charge in [-0.15, -0.1) is 0 Å². The van der Waals surface area contributed by atoms with Crippen LogP contribution < -0.4 is 10.6 Å². The first-order chi connectivity index (χ1) is 8.66. The molecule has 108 valence electrons. The Bertz CT molecular complexity index is 193. The van der Waals surface area contributed by atoms with Gasteiger partial charge in [0, 0.05) is 12.6 Å². The summed E-state index contributed by atoms with van der Waals surface area (Å²) < 4.78 is 0. The Kier molecular flexibility index (Phi) is 12.9. The molecule has 0 saturated heterocycles. The molecule has 18 heavy (non-hydrogen) atoms.